The normalized spacial score (nSPS) is 15.0. The number of anilines is 1. The Balaban J connectivity index is 1.71. The summed E-state index contributed by atoms with van der Waals surface area (Å²) < 4.78 is 32.9. The molecule has 1 amide bonds. The van der Waals surface area contributed by atoms with Gasteiger partial charge < -0.3 is 10.1 Å². The molecule has 3 rings (SSSR count). The summed E-state index contributed by atoms with van der Waals surface area (Å²) in [5, 5.41) is 2.90. The van der Waals surface area contributed by atoms with Crippen molar-refractivity contribution in [2.75, 3.05) is 31.8 Å². The van der Waals surface area contributed by atoms with Gasteiger partial charge in [-0.05, 0) is 67.5 Å². The largest absolute Gasteiger partial charge is 0.496 e. The summed E-state index contributed by atoms with van der Waals surface area (Å²) in [6, 6.07) is 12.6. The number of hydrogen-bond acceptors (Lipinski definition) is 5. The van der Waals surface area contributed by atoms with E-state index >= 15 is 0 Å². The molecule has 162 valence electrons. The van der Waals surface area contributed by atoms with E-state index in [0.717, 1.165) is 29.8 Å². The maximum Gasteiger partial charge on any atom is 0.243 e. The van der Waals surface area contributed by atoms with E-state index in [-0.39, 0.29) is 17.2 Å². The van der Waals surface area contributed by atoms with Gasteiger partial charge in [0.1, 0.15) is 5.75 Å². The van der Waals surface area contributed by atoms with Gasteiger partial charge >= 0.3 is 0 Å². The number of rotatable bonds is 8. The van der Waals surface area contributed by atoms with E-state index in [4.69, 9.17) is 4.74 Å². The van der Waals surface area contributed by atoms with Crippen LogP contribution >= 0.6 is 11.8 Å². The Bertz CT molecular complexity index is 986. The summed E-state index contributed by atoms with van der Waals surface area (Å²) in [5.74, 6) is 0.462. The van der Waals surface area contributed by atoms with Crippen molar-refractivity contribution in [2.45, 2.75) is 41.9 Å². The first-order valence-electron chi connectivity index (χ1n) is 10.0. The Morgan fingerprint density at radius 1 is 1.13 bits per heavy atom. The van der Waals surface area contributed by atoms with Crippen LogP contribution in [0.3, 0.4) is 0 Å². The highest BCUT2D eigenvalue weighted by molar-refractivity contribution is 7.98. The SMILES string of the molecule is COc1ccc(S(=O)(=O)N2CCCCC2)cc1CCC(=O)Nc1cccc(SC)c1. The van der Waals surface area contributed by atoms with Crippen LogP contribution in [0, 0.1) is 0 Å². The van der Waals surface area contributed by atoms with Crippen LogP contribution < -0.4 is 10.1 Å². The van der Waals surface area contributed by atoms with Gasteiger partial charge in [0.25, 0.3) is 0 Å². The van der Waals surface area contributed by atoms with Crippen molar-refractivity contribution in [3.05, 3.63) is 48.0 Å². The summed E-state index contributed by atoms with van der Waals surface area (Å²) in [7, 11) is -1.98. The van der Waals surface area contributed by atoms with Gasteiger partial charge in [-0.1, -0.05) is 12.5 Å². The van der Waals surface area contributed by atoms with Crippen molar-refractivity contribution >= 4 is 33.4 Å². The molecule has 0 bridgehead atoms. The van der Waals surface area contributed by atoms with Crippen molar-refractivity contribution < 1.29 is 17.9 Å². The molecule has 0 radical (unpaired) electrons. The van der Waals surface area contributed by atoms with E-state index in [9.17, 15) is 13.2 Å². The minimum absolute atomic E-state index is 0.125. The standard InChI is InChI=1S/C22H28N2O4S2/c1-28-21-11-10-20(30(26,27)24-13-4-3-5-14-24)15-17(21)9-12-22(25)23-18-7-6-8-19(16-18)29-2/h6-8,10-11,15-16H,3-5,9,12-14H2,1-2H3,(H,23,25). The maximum atomic E-state index is 13.0. The van der Waals surface area contributed by atoms with Crippen LogP contribution in [0.1, 0.15) is 31.2 Å². The van der Waals surface area contributed by atoms with Gasteiger partial charge in [0.2, 0.25) is 15.9 Å². The molecule has 0 atom stereocenters. The Labute approximate surface area is 183 Å². The molecule has 8 heteroatoms. The number of aryl methyl sites for hydroxylation is 1. The number of nitrogens with one attached hydrogen (secondary N) is 1. The van der Waals surface area contributed by atoms with E-state index in [0.29, 0.717) is 30.8 Å². The summed E-state index contributed by atoms with van der Waals surface area (Å²) in [6.45, 7) is 1.11. The van der Waals surface area contributed by atoms with E-state index in [2.05, 4.69) is 5.32 Å². The molecule has 1 aliphatic heterocycles. The highest BCUT2D eigenvalue weighted by atomic mass is 32.2. The molecule has 0 unspecified atom stereocenters. The number of benzene rings is 2. The number of hydrogen-bond donors (Lipinski definition) is 1. The lowest BCUT2D eigenvalue weighted by atomic mass is 10.1. The molecule has 0 spiro atoms. The maximum absolute atomic E-state index is 13.0. The van der Waals surface area contributed by atoms with Gasteiger partial charge in [-0.2, -0.15) is 4.31 Å². The van der Waals surface area contributed by atoms with Gasteiger partial charge in [0.05, 0.1) is 12.0 Å². The van der Waals surface area contributed by atoms with Gasteiger partial charge in [0.15, 0.2) is 0 Å². The molecule has 1 saturated heterocycles. The first kappa shape index (κ1) is 22.7. The van der Waals surface area contributed by atoms with Crippen LogP contribution in [0.15, 0.2) is 52.3 Å². The molecule has 1 fully saturated rings. The van der Waals surface area contributed by atoms with Crippen molar-refractivity contribution in [2.24, 2.45) is 0 Å². The van der Waals surface area contributed by atoms with Crippen LogP contribution in [0.2, 0.25) is 0 Å². The molecule has 0 aromatic heterocycles. The monoisotopic (exact) mass is 448 g/mol. The van der Waals surface area contributed by atoms with E-state index in [1.165, 1.54) is 0 Å². The number of carbonyl (C=O) groups is 1. The lowest BCUT2D eigenvalue weighted by molar-refractivity contribution is -0.116. The first-order chi connectivity index (χ1) is 14.4. The van der Waals surface area contributed by atoms with Gasteiger partial charge in [-0.3, -0.25) is 4.79 Å². The molecule has 30 heavy (non-hydrogen) atoms. The molecule has 6 nitrogen and oxygen atoms in total. The third-order valence-corrected chi connectivity index (χ3v) is 7.80. The number of carbonyl (C=O) groups excluding carboxylic acids is 1. The quantitative estimate of drug-likeness (QED) is 0.614. The number of ether oxygens (including phenoxy) is 1. The lowest BCUT2D eigenvalue weighted by Crippen LogP contribution is -2.35. The number of thioether (sulfide) groups is 1. The molecular formula is C22H28N2O4S2. The number of sulfonamides is 1. The van der Waals surface area contributed by atoms with E-state index < -0.39 is 10.0 Å². The number of amides is 1. The van der Waals surface area contributed by atoms with Crippen molar-refractivity contribution in [3.63, 3.8) is 0 Å². The molecule has 0 aliphatic carbocycles. The lowest BCUT2D eigenvalue weighted by Gasteiger charge is -2.26. The van der Waals surface area contributed by atoms with Crippen LogP contribution in [0.5, 0.6) is 5.75 Å². The molecule has 0 saturated carbocycles. The second-order valence-corrected chi connectivity index (χ2v) is 10.0. The van der Waals surface area contributed by atoms with Crippen LogP contribution in [-0.2, 0) is 21.2 Å². The molecular weight excluding hydrogens is 420 g/mol. The number of piperidine rings is 1. The van der Waals surface area contributed by atoms with Crippen LogP contribution in [-0.4, -0.2) is 45.1 Å². The van der Waals surface area contributed by atoms with E-state index in [1.54, 1.807) is 41.4 Å². The predicted molar refractivity (Wildman–Crippen MR) is 121 cm³/mol. The second-order valence-electron chi connectivity index (χ2n) is 7.22. The van der Waals surface area contributed by atoms with Crippen LogP contribution in [0.25, 0.3) is 0 Å². The fourth-order valence-electron chi connectivity index (χ4n) is 3.54. The van der Waals surface area contributed by atoms with Crippen molar-refractivity contribution in [3.8, 4) is 5.75 Å². The average molecular weight is 449 g/mol. The molecule has 1 N–H and O–H groups in total. The second kappa shape index (κ2) is 10.3. The van der Waals surface area contributed by atoms with Crippen molar-refractivity contribution in [1.29, 1.82) is 0 Å². The average Bonchev–Trinajstić information content (AvgIpc) is 2.78. The summed E-state index contributed by atoms with van der Waals surface area (Å²) >= 11 is 1.61. The molecule has 1 aliphatic rings. The molecule has 2 aromatic carbocycles. The fraction of sp³-hybridized carbons (Fsp3) is 0.409. The van der Waals surface area contributed by atoms with Gasteiger partial charge in [-0.25, -0.2) is 8.42 Å². The Kier molecular flexibility index (Phi) is 7.80. The number of nitrogens with zero attached hydrogens (tertiary/aromatic N) is 1. The third kappa shape index (κ3) is 5.56. The van der Waals surface area contributed by atoms with Crippen LogP contribution in [0.4, 0.5) is 5.69 Å². The van der Waals surface area contributed by atoms with Gasteiger partial charge in [-0.15, -0.1) is 11.8 Å². The highest BCUT2D eigenvalue weighted by Crippen LogP contribution is 2.27. The Morgan fingerprint density at radius 3 is 2.60 bits per heavy atom. The first-order valence-corrected chi connectivity index (χ1v) is 12.7. The number of methoxy groups -OCH3 is 1. The van der Waals surface area contributed by atoms with Gasteiger partial charge in [0, 0.05) is 30.1 Å². The topological polar surface area (TPSA) is 75.7 Å². The smallest absolute Gasteiger partial charge is 0.243 e. The Morgan fingerprint density at radius 2 is 1.90 bits per heavy atom. The fourth-order valence-corrected chi connectivity index (χ4v) is 5.57. The molecule has 1 heterocycles. The Hall–Kier alpha value is -2.03. The zero-order valence-corrected chi connectivity index (χ0v) is 19.0. The zero-order chi connectivity index (χ0) is 21.6. The summed E-state index contributed by atoms with van der Waals surface area (Å²) in [6.07, 6.45) is 5.45. The minimum atomic E-state index is -3.53. The predicted octanol–water partition coefficient (Wildman–Crippen LogP) is 4.16. The van der Waals surface area contributed by atoms with E-state index in [1.807, 2.05) is 30.5 Å². The third-order valence-electron chi connectivity index (χ3n) is 5.18. The molecule has 2 aromatic rings. The minimum Gasteiger partial charge on any atom is -0.496 e. The highest BCUT2D eigenvalue weighted by Gasteiger charge is 2.26. The zero-order valence-electron chi connectivity index (χ0n) is 17.4. The van der Waals surface area contributed by atoms with Crippen molar-refractivity contribution in [1.82, 2.24) is 4.31 Å². The summed E-state index contributed by atoms with van der Waals surface area (Å²) in [4.78, 5) is 13.8. The summed E-state index contributed by atoms with van der Waals surface area (Å²) in [5.41, 5.74) is 1.46.